The highest BCUT2D eigenvalue weighted by molar-refractivity contribution is 9.08. The van der Waals surface area contributed by atoms with Crippen LogP contribution in [0, 0.1) is 13.8 Å². The van der Waals surface area contributed by atoms with Crippen LogP contribution in [0.25, 0.3) is 11.1 Å². The monoisotopic (exact) mass is 756 g/mol. The Hall–Kier alpha value is -2.80. The number of aliphatic imine (C=N–C) groups is 1. The lowest BCUT2D eigenvalue weighted by Gasteiger charge is -2.25. The lowest BCUT2D eigenvalue weighted by atomic mass is 9.97. The quantitative estimate of drug-likeness (QED) is 0.0666. The van der Waals surface area contributed by atoms with Crippen molar-refractivity contribution in [3.63, 3.8) is 0 Å². The molecule has 1 aliphatic carbocycles. The highest BCUT2D eigenvalue weighted by atomic mass is 79.9. The van der Waals surface area contributed by atoms with Crippen LogP contribution >= 0.6 is 15.9 Å². The van der Waals surface area contributed by atoms with E-state index in [1.807, 2.05) is 29.2 Å². The molecule has 2 heterocycles. The molecule has 1 fully saturated rings. The minimum absolute atomic E-state index is 0.122. The summed E-state index contributed by atoms with van der Waals surface area (Å²) >= 11 is 3.67. The van der Waals surface area contributed by atoms with Crippen molar-refractivity contribution in [1.29, 1.82) is 0 Å². The maximum absolute atomic E-state index is 14.6. The van der Waals surface area contributed by atoms with E-state index in [0.717, 1.165) is 73.5 Å². The summed E-state index contributed by atoms with van der Waals surface area (Å²) in [5, 5.41) is 4.55. The molecule has 2 aliphatic rings. The Kier molecular flexibility index (Phi) is 11.4. The summed E-state index contributed by atoms with van der Waals surface area (Å²) in [5.41, 5.74) is 3.95. The van der Waals surface area contributed by atoms with E-state index in [-0.39, 0.29) is 23.4 Å². The summed E-state index contributed by atoms with van der Waals surface area (Å²) in [4.78, 5) is 20.9. The molecule has 3 aromatic rings. The number of hydrogen-bond acceptors (Lipinski definition) is 7. The van der Waals surface area contributed by atoms with Crippen molar-refractivity contribution in [3.05, 3.63) is 64.8 Å². The van der Waals surface area contributed by atoms with Crippen molar-refractivity contribution in [2.24, 2.45) is 4.99 Å². The number of aryl methyl sites for hydroxylation is 1. The van der Waals surface area contributed by atoms with E-state index in [1.165, 1.54) is 4.31 Å². The number of amides is 1. The molecule has 0 N–H and O–H groups in total. The van der Waals surface area contributed by atoms with E-state index >= 15 is 0 Å². The molecule has 1 saturated carbocycles. The van der Waals surface area contributed by atoms with Gasteiger partial charge in [0.15, 0.2) is 0 Å². The number of benzene rings is 2. The van der Waals surface area contributed by atoms with Gasteiger partial charge in [0, 0.05) is 37.6 Å². The molecule has 0 atom stereocenters. The van der Waals surface area contributed by atoms with Crippen molar-refractivity contribution in [2.75, 3.05) is 17.6 Å². The number of anilines is 1. The maximum Gasteiger partial charge on any atom is 0.269 e. The SMILES string of the molecule is CCCCC1=NC2(CCCC2)C(=O)N1Cc1ccc(-c2ccccc2S(=O)(=O)N(COCC[Si](C)(C)C)c2onc(C)c2C)c(CBr)c1. The second-order valence-electron chi connectivity index (χ2n) is 14.3. The number of unbranched alkanes of at least 4 members (excludes halogenated alkanes) is 1. The Labute approximate surface area is 295 Å². The molecule has 0 saturated heterocycles. The fourth-order valence-corrected chi connectivity index (χ4v) is 9.20. The van der Waals surface area contributed by atoms with Crippen molar-refractivity contribution < 1.29 is 22.5 Å². The number of nitrogens with zero attached hydrogens (tertiary/aromatic N) is 4. The predicted octanol–water partition coefficient (Wildman–Crippen LogP) is 8.60. The van der Waals surface area contributed by atoms with Crippen molar-refractivity contribution in [3.8, 4) is 11.1 Å². The Morgan fingerprint density at radius 1 is 1.08 bits per heavy atom. The standard InChI is InChI=1S/C36H49BrN4O5SSi/c1-7-8-15-33-38-36(18-11-12-19-36)35(42)40(33)24-28-16-17-30(29(22-28)23-37)31-13-9-10-14-32(31)47(43,44)41(25-45-20-21-48(4,5)6)34-26(2)27(3)39-46-34/h9-10,13-14,16-17,22H,7-8,11-12,15,18-21,23-25H2,1-6H3. The van der Waals surface area contributed by atoms with Crippen LogP contribution in [0.4, 0.5) is 5.88 Å². The molecule has 5 rings (SSSR count). The van der Waals surface area contributed by atoms with Gasteiger partial charge in [0.2, 0.25) is 5.88 Å². The van der Waals surface area contributed by atoms with Gasteiger partial charge in [-0.3, -0.25) is 14.7 Å². The number of rotatable bonds is 15. The van der Waals surface area contributed by atoms with Crippen molar-refractivity contribution in [2.45, 2.75) is 114 Å². The van der Waals surface area contributed by atoms with Gasteiger partial charge in [-0.15, -0.1) is 0 Å². The number of ether oxygens (including phenoxy) is 1. The van der Waals surface area contributed by atoms with E-state index in [0.29, 0.717) is 35.3 Å². The van der Waals surface area contributed by atoms with Crippen molar-refractivity contribution in [1.82, 2.24) is 10.1 Å². The fourth-order valence-electron chi connectivity index (χ4n) is 6.43. The zero-order valence-corrected chi connectivity index (χ0v) is 32.5. The summed E-state index contributed by atoms with van der Waals surface area (Å²) < 4.78 is 41.9. The minimum Gasteiger partial charge on any atom is -0.360 e. The first kappa shape index (κ1) is 36.5. The molecule has 1 amide bonds. The molecular formula is C36H49BrN4O5SSi. The zero-order chi connectivity index (χ0) is 34.7. The van der Waals surface area contributed by atoms with Gasteiger partial charge in [-0.25, -0.2) is 12.7 Å². The number of hydrogen-bond donors (Lipinski definition) is 0. The van der Waals surface area contributed by atoms with Gasteiger partial charge >= 0.3 is 0 Å². The molecule has 1 aromatic heterocycles. The molecule has 1 aliphatic heterocycles. The molecule has 0 unspecified atom stereocenters. The molecule has 0 radical (unpaired) electrons. The fraction of sp³-hybridized carbons (Fsp3) is 0.528. The smallest absolute Gasteiger partial charge is 0.269 e. The molecule has 0 bridgehead atoms. The Bertz CT molecular complexity index is 1760. The topological polar surface area (TPSA) is 105 Å². The number of sulfonamides is 1. The van der Waals surface area contributed by atoms with Gasteiger partial charge < -0.3 is 9.26 Å². The van der Waals surface area contributed by atoms with Gasteiger partial charge in [-0.1, -0.05) is 103 Å². The van der Waals surface area contributed by atoms with E-state index in [9.17, 15) is 13.2 Å². The number of halogens is 1. The third-order valence-electron chi connectivity index (χ3n) is 9.45. The Morgan fingerprint density at radius 3 is 2.46 bits per heavy atom. The van der Waals surface area contributed by atoms with Crippen LogP contribution in [0.15, 0.2) is 56.9 Å². The van der Waals surface area contributed by atoms with Crippen LogP contribution in [0.1, 0.15) is 74.3 Å². The third-order valence-corrected chi connectivity index (χ3v) is 13.5. The van der Waals surface area contributed by atoms with E-state index < -0.39 is 23.6 Å². The molecule has 9 nitrogen and oxygen atoms in total. The van der Waals surface area contributed by atoms with Gasteiger partial charge in [0.25, 0.3) is 15.9 Å². The van der Waals surface area contributed by atoms with Crippen LogP contribution in [0.3, 0.4) is 0 Å². The van der Waals surface area contributed by atoms with Crippen molar-refractivity contribution >= 4 is 51.7 Å². The summed E-state index contributed by atoms with van der Waals surface area (Å²) in [5.74, 6) is 1.18. The van der Waals surface area contributed by atoms with E-state index in [4.69, 9.17) is 14.3 Å². The van der Waals surface area contributed by atoms with Gasteiger partial charge in [0.1, 0.15) is 18.1 Å². The summed E-state index contributed by atoms with van der Waals surface area (Å²) in [6, 6.07) is 14.0. The predicted molar refractivity (Wildman–Crippen MR) is 198 cm³/mol. The van der Waals surface area contributed by atoms with Crippen LogP contribution in [-0.4, -0.2) is 57.2 Å². The number of alkyl halides is 1. The van der Waals surface area contributed by atoms with Crippen LogP contribution in [0.5, 0.6) is 0 Å². The molecule has 1 spiro atoms. The van der Waals surface area contributed by atoms with Gasteiger partial charge in [-0.05, 0) is 61.9 Å². The normalized spacial score (nSPS) is 16.3. The Balaban J connectivity index is 1.47. The second-order valence-corrected chi connectivity index (χ2v) is 22.3. The van der Waals surface area contributed by atoms with E-state index in [1.54, 1.807) is 26.0 Å². The van der Waals surface area contributed by atoms with Gasteiger partial charge in [-0.2, -0.15) is 0 Å². The number of aromatic nitrogens is 1. The number of carbonyl (C=O) groups is 1. The summed E-state index contributed by atoms with van der Waals surface area (Å²) in [7, 11) is -5.54. The number of amidine groups is 1. The lowest BCUT2D eigenvalue weighted by molar-refractivity contribution is -0.131. The van der Waals surface area contributed by atoms with Crippen LogP contribution in [-0.2, 0) is 31.4 Å². The molecule has 2 aromatic carbocycles. The molecule has 48 heavy (non-hydrogen) atoms. The highest BCUT2D eigenvalue weighted by Crippen LogP contribution is 2.41. The van der Waals surface area contributed by atoms with E-state index in [2.05, 4.69) is 53.7 Å². The van der Waals surface area contributed by atoms with Crippen LogP contribution < -0.4 is 4.31 Å². The lowest BCUT2D eigenvalue weighted by Crippen LogP contribution is -2.40. The average molecular weight is 758 g/mol. The largest absolute Gasteiger partial charge is 0.360 e. The first-order valence-corrected chi connectivity index (χ1v) is 23.3. The van der Waals surface area contributed by atoms with Gasteiger partial charge in [0.05, 0.1) is 17.1 Å². The second kappa shape index (κ2) is 15.0. The maximum atomic E-state index is 14.6. The molecular weight excluding hydrogens is 708 g/mol. The first-order valence-electron chi connectivity index (χ1n) is 17.0. The first-order chi connectivity index (χ1) is 22.8. The molecule has 12 heteroatoms. The third kappa shape index (κ3) is 7.66. The average Bonchev–Trinajstić information content (AvgIpc) is 3.74. The molecule has 260 valence electrons. The zero-order valence-electron chi connectivity index (χ0n) is 29.1. The Morgan fingerprint density at radius 2 is 1.81 bits per heavy atom. The minimum atomic E-state index is -4.15. The summed E-state index contributed by atoms with van der Waals surface area (Å²) in [6.45, 7) is 13.2. The highest BCUT2D eigenvalue weighted by Gasteiger charge is 2.49. The number of carbonyl (C=O) groups excluding carboxylic acids is 1. The van der Waals surface area contributed by atoms with Crippen LogP contribution in [0.2, 0.25) is 25.7 Å². The summed E-state index contributed by atoms with van der Waals surface area (Å²) in [6.07, 6.45) is 6.53.